The minimum Gasteiger partial charge on any atom is -0.357 e. The molecular formula is C21H17N5O4. The highest BCUT2D eigenvalue weighted by atomic mass is 16.6. The number of aromatic amines is 1. The number of aromatic nitrogens is 1. The molecule has 9 nitrogen and oxygen atoms in total. The summed E-state index contributed by atoms with van der Waals surface area (Å²) in [6, 6.07) is 13.2. The SMILES string of the molecule is O=C1[C@@H]2Cc3c([nH]c4ccccc34)CN2C(=O)CN1N=Cc1cccc([N+](=O)[O-])c1. The van der Waals surface area contributed by atoms with Gasteiger partial charge in [-0.05, 0) is 11.6 Å². The number of nitrogens with zero attached hydrogens (tertiary/aromatic N) is 4. The molecule has 2 amide bonds. The van der Waals surface area contributed by atoms with Crippen molar-refractivity contribution in [3.8, 4) is 0 Å². The number of hydrazone groups is 1. The van der Waals surface area contributed by atoms with E-state index in [1.54, 1.807) is 17.0 Å². The van der Waals surface area contributed by atoms with Crippen molar-refractivity contribution in [2.45, 2.75) is 19.0 Å². The molecule has 2 aromatic carbocycles. The molecule has 0 aliphatic carbocycles. The van der Waals surface area contributed by atoms with Crippen LogP contribution < -0.4 is 0 Å². The zero-order valence-corrected chi connectivity index (χ0v) is 15.8. The molecular weight excluding hydrogens is 386 g/mol. The van der Waals surface area contributed by atoms with E-state index < -0.39 is 11.0 Å². The lowest BCUT2D eigenvalue weighted by Crippen LogP contribution is -2.60. The van der Waals surface area contributed by atoms with Crippen LogP contribution in [0.15, 0.2) is 53.6 Å². The first kappa shape index (κ1) is 18.0. The fraction of sp³-hybridized carbons (Fsp3) is 0.190. The molecule has 3 aromatic rings. The molecule has 1 N–H and O–H groups in total. The van der Waals surface area contributed by atoms with Crippen molar-refractivity contribution < 1.29 is 14.5 Å². The van der Waals surface area contributed by atoms with Crippen LogP contribution in [-0.2, 0) is 22.6 Å². The van der Waals surface area contributed by atoms with Crippen LogP contribution in [0.3, 0.4) is 0 Å². The number of para-hydroxylation sites is 1. The number of carbonyl (C=O) groups is 2. The fourth-order valence-electron chi connectivity index (χ4n) is 4.11. The van der Waals surface area contributed by atoms with Gasteiger partial charge in [0.2, 0.25) is 5.91 Å². The molecule has 3 heterocycles. The Bertz CT molecular complexity index is 1230. The number of nitro groups is 1. The summed E-state index contributed by atoms with van der Waals surface area (Å²) < 4.78 is 0. The van der Waals surface area contributed by atoms with Crippen molar-refractivity contribution in [3.63, 3.8) is 0 Å². The van der Waals surface area contributed by atoms with Crippen LogP contribution in [-0.4, -0.2) is 50.4 Å². The summed E-state index contributed by atoms with van der Waals surface area (Å²) >= 11 is 0. The molecule has 9 heteroatoms. The average Bonchev–Trinajstić information content (AvgIpc) is 3.12. The van der Waals surface area contributed by atoms with E-state index in [-0.39, 0.29) is 24.0 Å². The van der Waals surface area contributed by atoms with E-state index >= 15 is 0 Å². The highest BCUT2D eigenvalue weighted by Gasteiger charge is 2.43. The lowest BCUT2D eigenvalue weighted by molar-refractivity contribution is -0.384. The van der Waals surface area contributed by atoms with E-state index in [1.807, 2.05) is 24.3 Å². The summed E-state index contributed by atoms with van der Waals surface area (Å²) in [7, 11) is 0. The van der Waals surface area contributed by atoms with Gasteiger partial charge in [-0.3, -0.25) is 19.7 Å². The molecule has 0 saturated carbocycles. The Balaban J connectivity index is 1.42. The Kier molecular flexibility index (Phi) is 4.09. The Labute approximate surface area is 170 Å². The topological polar surface area (TPSA) is 112 Å². The van der Waals surface area contributed by atoms with Gasteiger partial charge in [-0.2, -0.15) is 5.10 Å². The predicted octanol–water partition coefficient (Wildman–Crippen LogP) is 2.21. The Morgan fingerprint density at radius 3 is 2.80 bits per heavy atom. The van der Waals surface area contributed by atoms with E-state index in [4.69, 9.17) is 0 Å². The molecule has 0 bridgehead atoms. The van der Waals surface area contributed by atoms with Gasteiger partial charge in [0.05, 0.1) is 17.7 Å². The third kappa shape index (κ3) is 2.91. The van der Waals surface area contributed by atoms with Crippen molar-refractivity contribution in [2.75, 3.05) is 6.54 Å². The lowest BCUT2D eigenvalue weighted by Gasteiger charge is -2.40. The van der Waals surface area contributed by atoms with Crippen molar-refractivity contribution in [2.24, 2.45) is 5.10 Å². The van der Waals surface area contributed by atoms with Crippen molar-refractivity contribution >= 4 is 34.6 Å². The van der Waals surface area contributed by atoms with Gasteiger partial charge in [0.25, 0.3) is 11.6 Å². The van der Waals surface area contributed by atoms with Crippen LogP contribution in [0.5, 0.6) is 0 Å². The van der Waals surface area contributed by atoms with E-state index in [1.165, 1.54) is 18.3 Å². The second-order valence-electron chi connectivity index (χ2n) is 7.36. The number of nitro benzene ring substituents is 1. The quantitative estimate of drug-likeness (QED) is 0.410. The highest BCUT2D eigenvalue weighted by molar-refractivity contribution is 5.97. The zero-order valence-electron chi connectivity index (χ0n) is 15.8. The maximum Gasteiger partial charge on any atom is 0.270 e. The number of rotatable bonds is 3. The number of nitrogens with one attached hydrogen (secondary N) is 1. The molecule has 5 rings (SSSR count). The number of carbonyl (C=O) groups excluding carboxylic acids is 2. The molecule has 150 valence electrons. The van der Waals surface area contributed by atoms with Gasteiger partial charge in [-0.1, -0.05) is 30.3 Å². The number of hydrogen-bond donors (Lipinski definition) is 1. The molecule has 2 aliphatic heterocycles. The molecule has 0 spiro atoms. The summed E-state index contributed by atoms with van der Waals surface area (Å²) in [5.41, 5.74) is 3.42. The van der Waals surface area contributed by atoms with Gasteiger partial charge in [-0.25, -0.2) is 5.01 Å². The fourth-order valence-corrected chi connectivity index (χ4v) is 4.11. The van der Waals surface area contributed by atoms with Crippen LogP contribution in [0, 0.1) is 10.1 Å². The molecule has 1 atom stereocenters. The molecule has 2 aliphatic rings. The summed E-state index contributed by atoms with van der Waals surface area (Å²) in [4.78, 5) is 41.2. The maximum absolute atomic E-state index is 13.1. The minimum absolute atomic E-state index is 0.0645. The second kappa shape index (κ2) is 6.80. The van der Waals surface area contributed by atoms with Crippen molar-refractivity contribution in [3.05, 3.63) is 75.5 Å². The van der Waals surface area contributed by atoms with Gasteiger partial charge in [0.1, 0.15) is 12.6 Å². The number of benzene rings is 2. The van der Waals surface area contributed by atoms with Gasteiger partial charge in [0, 0.05) is 40.7 Å². The average molecular weight is 403 g/mol. The number of piperazine rings is 1. The maximum atomic E-state index is 13.1. The smallest absolute Gasteiger partial charge is 0.270 e. The van der Waals surface area contributed by atoms with Gasteiger partial charge in [0.15, 0.2) is 0 Å². The van der Waals surface area contributed by atoms with Crippen molar-refractivity contribution in [1.29, 1.82) is 0 Å². The summed E-state index contributed by atoms with van der Waals surface area (Å²) in [5.74, 6) is -0.438. The lowest BCUT2D eigenvalue weighted by atomic mass is 9.94. The molecule has 0 unspecified atom stereocenters. The predicted molar refractivity (Wildman–Crippen MR) is 109 cm³/mol. The molecule has 1 fully saturated rings. The molecule has 30 heavy (non-hydrogen) atoms. The van der Waals surface area contributed by atoms with Crippen LogP contribution in [0.2, 0.25) is 0 Å². The van der Waals surface area contributed by atoms with Crippen LogP contribution >= 0.6 is 0 Å². The standard InChI is InChI=1S/C21H17N5O4/c27-20-12-25(22-10-13-4-3-5-14(8-13)26(29)30)21(28)19-9-16-15-6-1-2-7-17(15)23-18(16)11-24(19)20/h1-8,10,19,23H,9,11-12H2/t19-/m0/s1. The Morgan fingerprint density at radius 1 is 1.13 bits per heavy atom. The molecule has 0 radical (unpaired) electrons. The largest absolute Gasteiger partial charge is 0.357 e. The van der Waals surface area contributed by atoms with E-state index in [0.717, 1.165) is 27.2 Å². The highest BCUT2D eigenvalue weighted by Crippen LogP contribution is 2.32. The first-order valence-corrected chi connectivity index (χ1v) is 9.49. The molecule has 1 saturated heterocycles. The Morgan fingerprint density at radius 2 is 1.97 bits per heavy atom. The second-order valence-corrected chi connectivity index (χ2v) is 7.36. The van der Waals surface area contributed by atoms with Gasteiger partial charge in [-0.15, -0.1) is 0 Å². The number of hydrogen-bond acceptors (Lipinski definition) is 5. The van der Waals surface area contributed by atoms with Crippen LogP contribution in [0.1, 0.15) is 16.8 Å². The van der Waals surface area contributed by atoms with E-state index in [2.05, 4.69) is 10.1 Å². The van der Waals surface area contributed by atoms with Gasteiger partial charge >= 0.3 is 0 Å². The number of H-pyrrole nitrogens is 1. The van der Waals surface area contributed by atoms with E-state index in [0.29, 0.717) is 18.5 Å². The normalized spacial score (nSPS) is 18.7. The monoisotopic (exact) mass is 403 g/mol. The zero-order chi connectivity index (χ0) is 20.8. The third-order valence-electron chi connectivity index (χ3n) is 5.58. The number of non-ortho nitro benzene ring substituents is 1. The summed E-state index contributed by atoms with van der Waals surface area (Å²) in [6.45, 7) is 0.206. The van der Waals surface area contributed by atoms with Crippen LogP contribution in [0.4, 0.5) is 5.69 Å². The first-order chi connectivity index (χ1) is 14.5. The van der Waals surface area contributed by atoms with Crippen molar-refractivity contribution in [1.82, 2.24) is 14.9 Å². The van der Waals surface area contributed by atoms with Gasteiger partial charge < -0.3 is 9.88 Å². The first-order valence-electron chi connectivity index (χ1n) is 9.49. The van der Waals surface area contributed by atoms with Crippen LogP contribution in [0.25, 0.3) is 10.9 Å². The molecule has 1 aromatic heterocycles. The minimum atomic E-state index is -0.611. The number of fused-ring (bicyclic) bond motifs is 4. The Hall–Kier alpha value is -4.01. The summed E-state index contributed by atoms with van der Waals surface area (Å²) in [6.07, 6.45) is 1.79. The third-order valence-corrected chi connectivity index (χ3v) is 5.58. The van der Waals surface area contributed by atoms with E-state index in [9.17, 15) is 19.7 Å². The number of amides is 2. The summed E-state index contributed by atoms with van der Waals surface area (Å²) in [5, 5.41) is 17.3.